The van der Waals surface area contributed by atoms with Crippen LogP contribution in [0.5, 0.6) is 0 Å². The molecule has 1 N–H and O–H groups in total. The lowest BCUT2D eigenvalue weighted by Gasteiger charge is -2.43. The highest BCUT2D eigenvalue weighted by Crippen LogP contribution is 2.15. The third-order valence-corrected chi connectivity index (χ3v) is 4.50. The minimum Gasteiger partial charge on any atom is -0.336 e. The van der Waals surface area contributed by atoms with Crippen LogP contribution in [-0.4, -0.2) is 61.0 Å². The van der Waals surface area contributed by atoms with E-state index < -0.39 is 0 Å². The third-order valence-electron chi connectivity index (χ3n) is 3.97. The molecule has 2 fully saturated rings. The number of carbonyl (C=O) groups excluding carboxylic acids is 1. The standard InChI is InChI=1S/C14H18BrN3O/c15-12-3-1-11(2-4-12)14(19)18-7-5-17(6-8-18)13-9-16-10-13/h1-4,13,16H,5-10H2. The fourth-order valence-electron chi connectivity index (χ4n) is 2.60. The molecular weight excluding hydrogens is 306 g/mol. The molecule has 19 heavy (non-hydrogen) atoms. The van der Waals surface area contributed by atoms with Crippen LogP contribution in [0.25, 0.3) is 0 Å². The second kappa shape index (κ2) is 5.61. The Morgan fingerprint density at radius 3 is 2.26 bits per heavy atom. The molecule has 2 saturated heterocycles. The van der Waals surface area contributed by atoms with E-state index in [1.54, 1.807) is 0 Å². The van der Waals surface area contributed by atoms with E-state index in [-0.39, 0.29) is 5.91 Å². The quantitative estimate of drug-likeness (QED) is 0.887. The predicted molar refractivity (Wildman–Crippen MR) is 78.3 cm³/mol. The Labute approximate surface area is 121 Å². The first-order valence-corrected chi connectivity index (χ1v) is 7.53. The van der Waals surface area contributed by atoms with Gasteiger partial charge in [0.15, 0.2) is 0 Å². The maximum absolute atomic E-state index is 12.4. The molecule has 0 atom stereocenters. The first kappa shape index (κ1) is 13.1. The SMILES string of the molecule is O=C(c1ccc(Br)cc1)N1CCN(C2CNC2)CC1. The van der Waals surface area contributed by atoms with Gasteiger partial charge in [0.1, 0.15) is 0 Å². The molecule has 5 heteroatoms. The fourth-order valence-corrected chi connectivity index (χ4v) is 2.86. The van der Waals surface area contributed by atoms with Crippen molar-refractivity contribution in [3.05, 3.63) is 34.3 Å². The van der Waals surface area contributed by atoms with Crippen molar-refractivity contribution in [3.63, 3.8) is 0 Å². The van der Waals surface area contributed by atoms with Gasteiger partial charge in [-0.15, -0.1) is 0 Å². The van der Waals surface area contributed by atoms with E-state index in [0.29, 0.717) is 6.04 Å². The zero-order chi connectivity index (χ0) is 13.2. The van der Waals surface area contributed by atoms with Gasteiger partial charge in [0.25, 0.3) is 5.91 Å². The van der Waals surface area contributed by atoms with Gasteiger partial charge in [-0.2, -0.15) is 0 Å². The summed E-state index contributed by atoms with van der Waals surface area (Å²) in [6.07, 6.45) is 0. The zero-order valence-electron chi connectivity index (χ0n) is 10.8. The molecule has 1 aromatic carbocycles. The van der Waals surface area contributed by atoms with Gasteiger partial charge in [-0.05, 0) is 24.3 Å². The lowest BCUT2D eigenvalue weighted by atomic mass is 10.1. The molecular formula is C14H18BrN3O. The van der Waals surface area contributed by atoms with Crippen molar-refractivity contribution in [1.82, 2.24) is 15.1 Å². The Morgan fingerprint density at radius 1 is 1.11 bits per heavy atom. The second-order valence-electron chi connectivity index (χ2n) is 5.15. The lowest BCUT2D eigenvalue weighted by Crippen LogP contribution is -2.62. The summed E-state index contributed by atoms with van der Waals surface area (Å²) in [6.45, 7) is 5.86. The Bertz CT molecular complexity index is 450. The zero-order valence-corrected chi connectivity index (χ0v) is 12.4. The Morgan fingerprint density at radius 2 is 1.74 bits per heavy atom. The van der Waals surface area contributed by atoms with Gasteiger partial charge in [-0.3, -0.25) is 9.69 Å². The van der Waals surface area contributed by atoms with Gasteiger partial charge in [0, 0.05) is 55.3 Å². The van der Waals surface area contributed by atoms with Crippen molar-refractivity contribution in [2.24, 2.45) is 0 Å². The van der Waals surface area contributed by atoms with Crippen LogP contribution < -0.4 is 5.32 Å². The molecule has 0 aliphatic carbocycles. The molecule has 0 saturated carbocycles. The average Bonchev–Trinajstić information content (AvgIpc) is 2.38. The molecule has 0 unspecified atom stereocenters. The molecule has 2 heterocycles. The van der Waals surface area contributed by atoms with Gasteiger partial charge in [-0.1, -0.05) is 15.9 Å². The summed E-state index contributed by atoms with van der Waals surface area (Å²) in [5, 5.41) is 3.30. The lowest BCUT2D eigenvalue weighted by molar-refractivity contribution is 0.0502. The number of hydrogen-bond acceptors (Lipinski definition) is 3. The first-order valence-electron chi connectivity index (χ1n) is 6.73. The molecule has 0 radical (unpaired) electrons. The number of halogens is 1. The van der Waals surface area contributed by atoms with E-state index in [0.717, 1.165) is 49.3 Å². The van der Waals surface area contributed by atoms with Crippen molar-refractivity contribution in [1.29, 1.82) is 0 Å². The van der Waals surface area contributed by atoms with Crippen LogP contribution in [0.2, 0.25) is 0 Å². The Balaban J connectivity index is 1.58. The minimum atomic E-state index is 0.152. The van der Waals surface area contributed by atoms with Crippen LogP contribution in [-0.2, 0) is 0 Å². The summed E-state index contributed by atoms with van der Waals surface area (Å²) < 4.78 is 1.01. The van der Waals surface area contributed by atoms with Crippen molar-refractivity contribution in [2.75, 3.05) is 39.3 Å². The predicted octanol–water partition coefficient (Wildman–Crippen LogP) is 1.18. The molecule has 1 amide bonds. The molecule has 4 nitrogen and oxygen atoms in total. The Kier molecular flexibility index (Phi) is 3.86. The highest BCUT2D eigenvalue weighted by atomic mass is 79.9. The minimum absolute atomic E-state index is 0.152. The van der Waals surface area contributed by atoms with Crippen LogP contribution in [0.1, 0.15) is 10.4 Å². The van der Waals surface area contributed by atoms with Crippen LogP contribution in [0.15, 0.2) is 28.7 Å². The summed E-state index contributed by atoms with van der Waals surface area (Å²) in [7, 11) is 0. The van der Waals surface area contributed by atoms with Crippen molar-refractivity contribution >= 4 is 21.8 Å². The van der Waals surface area contributed by atoms with E-state index >= 15 is 0 Å². The smallest absolute Gasteiger partial charge is 0.253 e. The number of rotatable bonds is 2. The van der Waals surface area contributed by atoms with Crippen LogP contribution in [0.3, 0.4) is 0 Å². The molecule has 2 aliphatic rings. The van der Waals surface area contributed by atoms with Gasteiger partial charge in [0.2, 0.25) is 0 Å². The van der Waals surface area contributed by atoms with E-state index in [1.165, 1.54) is 0 Å². The Hall–Kier alpha value is -0.910. The van der Waals surface area contributed by atoms with E-state index in [2.05, 4.69) is 26.1 Å². The topological polar surface area (TPSA) is 35.6 Å². The normalized spacial score (nSPS) is 21.2. The van der Waals surface area contributed by atoms with Gasteiger partial charge < -0.3 is 10.2 Å². The highest BCUT2D eigenvalue weighted by Gasteiger charge is 2.29. The molecule has 102 valence electrons. The van der Waals surface area contributed by atoms with Crippen molar-refractivity contribution in [2.45, 2.75) is 6.04 Å². The third kappa shape index (κ3) is 2.83. The summed E-state index contributed by atoms with van der Waals surface area (Å²) in [5.41, 5.74) is 0.780. The number of hydrogen-bond donors (Lipinski definition) is 1. The second-order valence-corrected chi connectivity index (χ2v) is 6.06. The molecule has 0 spiro atoms. The van der Waals surface area contributed by atoms with E-state index in [9.17, 15) is 4.79 Å². The number of benzene rings is 1. The molecule has 3 rings (SSSR count). The number of amides is 1. The number of nitrogens with zero attached hydrogens (tertiary/aromatic N) is 2. The summed E-state index contributed by atoms with van der Waals surface area (Å²) in [6, 6.07) is 8.29. The average molecular weight is 324 g/mol. The maximum Gasteiger partial charge on any atom is 0.253 e. The number of piperazine rings is 1. The van der Waals surface area contributed by atoms with Gasteiger partial charge in [-0.25, -0.2) is 0 Å². The maximum atomic E-state index is 12.4. The monoisotopic (exact) mass is 323 g/mol. The van der Waals surface area contributed by atoms with Crippen LogP contribution >= 0.6 is 15.9 Å². The summed E-state index contributed by atoms with van der Waals surface area (Å²) in [4.78, 5) is 16.8. The summed E-state index contributed by atoms with van der Waals surface area (Å²) in [5.74, 6) is 0.152. The fraction of sp³-hybridized carbons (Fsp3) is 0.500. The van der Waals surface area contributed by atoms with Gasteiger partial charge in [0.05, 0.1) is 0 Å². The van der Waals surface area contributed by atoms with Crippen LogP contribution in [0.4, 0.5) is 0 Å². The number of carbonyl (C=O) groups is 1. The largest absolute Gasteiger partial charge is 0.336 e. The van der Waals surface area contributed by atoms with Crippen LogP contribution in [0, 0.1) is 0 Å². The molecule has 1 aromatic rings. The van der Waals surface area contributed by atoms with E-state index in [1.807, 2.05) is 29.2 Å². The summed E-state index contributed by atoms with van der Waals surface area (Å²) >= 11 is 3.39. The van der Waals surface area contributed by atoms with Gasteiger partial charge >= 0.3 is 0 Å². The first-order chi connectivity index (χ1) is 9.24. The number of nitrogens with one attached hydrogen (secondary N) is 1. The molecule has 0 bridgehead atoms. The van der Waals surface area contributed by atoms with Crippen molar-refractivity contribution in [3.8, 4) is 0 Å². The molecule has 0 aromatic heterocycles. The van der Waals surface area contributed by atoms with Crippen molar-refractivity contribution < 1.29 is 4.79 Å². The highest BCUT2D eigenvalue weighted by molar-refractivity contribution is 9.10. The van der Waals surface area contributed by atoms with E-state index in [4.69, 9.17) is 0 Å². The molecule has 2 aliphatic heterocycles.